The predicted octanol–water partition coefficient (Wildman–Crippen LogP) is 1.05. The molecule has 1 aliphatic rings. The smallest absolute Gasteiger partial charge is 0.224 e. The maximum absolute atomic E-state index is 12.3. The van der Waals surface area contributed by atoms with Crippen LogP contribution in [0.5, 0.6) is 0 Å². The van der Waals surface area contributed by atoms with Gasteiger partial charge in [0.15, 0.2) is 0 Å². The Morgan fingerprint density at radius 1 is 1.30 bits per heavy atom. The van der Waals surface area contributed by atoms with Crippen LogP contribution >= 0.6 is 0 Å². The third-order valence-corrected chi connectivity index (χ3v) is 4.79. The summed E-state index contributed by atoms with van der Waals surface area (Å²) in [6, 6.07) is 0.360. The minimum absolute atomic E-state index is 0.0723. The molecule has 1 N–H and O–H groups in total. The SMILES string of the molecule is Cc1nn(C)c(C)c1CC(=O)NCC(C(C)C)N1CCOCC1. The van der Waals surface area contributed by atoms with E-state index < -0.39 is 0 Å². The second-order valence-electron chi connectivity index (χ2n) is 6.71. The first-order valence-corrected chi connectivity index (χ1v) is 8.47. The number of hydrogen-bond acceptors (Lipinski definition) is 4. The summed E-state index contributed by atoms with van der Waals surface area (Å²) in [4.78, 5) is 14.8. The average molecular weight is 322 g/mol. The molecule has 1 atom stereocenters. The topological polar surface area (TPSA) is 59.4 Å². The molecule has 1 unspecified atom stereocenters. The van der Waals surface area contributed by atoms with Gasteiger partial charge in [0.1, 0.15) is 0 Å². The number of ether oxygens (including phenoxy) is 1. The van der Waals surface area contributed by atoms with Gasteiger partial charge in [-0.3, -0.25) is 14.4 Å². The number of morpholine rings is 1. The van der Waals surface area contributed by atoms with Crippen molar-refractivity contribution in [2.45, 2.75) is 40.2 Å². The molecule has 1 aliphatic heterocycles. The highest BCUT2D eigenvalue weighted by atomic mass is 16.5. The third kappa shape index (κ3) is 4.54. The number of rotatable bonds is 6. The first-order valence-electron chi connectivity index (χ1n) is 8.47. The summed E-state index contributed by atoms with van der Waals surface area (Å²) >= 11 is 0. The molecular weight excluding hydrogens is 292 g/mol. The van der Waals surface area contributed by atoms with Crippen LogP contribution in [0.1, 0.15) is 30.8 Å². The molecule has 2 rings (SSSR count). The Hall–Kier alpha value is -1.40. The van der Waals surface area contributed by atoms with Crippen molar-refractivity contribution in [1.82, 2.24) is 20.0 Å². The van der Waals surface area contributed by atoms with Crippen LogP contribution in [0.2, 0.25) is 0 Å². The summed E-state index contributed by atoms with van der Waals surface area (Å²) in [6.07, 6.45) is 0.402. The standard InChI is InChI=1S/C17H30N4O2/c1-12(2)16(21-6-8-23-9-7-21)11-18-17(22)10-15-13(3)19-20(5)14(15)4/h12,16H,6-11H2,1-5H3,(H,18,22). The second kappa shape index (κ2) is 7.93. The van der Waals surface area contributed by atoms with Crippen molar-refractivity contribution >= 4 is 5.91 Å². The molecule has 1 amide bonds. The number of nitrogens with one attached hydrogen (secondary N) is 1. The quantitative estimate of drug-likeness (QED) is 0.850. The first-order chi connectivity index (χ1) is 10.9. The summed E-state index contributed by atoms with van der Waals surface area (Å²) < 4.78 is 7.26. The van der Waals surface area contributed by atoms with Gasteiger partial charge in [-0.25, -0.2) is 0 Å². The van der Waals surface area contributed by atoms with E-state index in [0.29, 0.717) is 24.9 Å². The van der Waals surface area contributed by atoms with E-state index in [4.69, 9.17) is 4.74 Å². The lowest BCUT2D eigenvalue weighted by Gasteiger charge is -2.36. The normalized spacial score (nSPS) is 17.5. The lowest BCUT2D eigenvalue weighted by molar-refractivity contribution is -0.120. The summed E-state index contributed by atoms with van der Waals surface area (Å²) in [7, 11) is 1.91. The van der Waals surface area contributed by atoms with Gasteiger partial charge in [0.05, 0.1) is 25.3 Å². The monoisotopic (exact) mass is 322 g/mol. The number of aryl methyl sites for hydroxylation is 2. The molecule has 1 fully saturated rings. The number of nitrogens with zero attached hydrogens (tertiary/aromatic N) is 3. The summed E-state index contributed by atoms with van der Waals surface area (Å²) in [5.41, 5.74) is 3.04. The number of carbonyl (C=O) groups is 1. The lowest BCUT2D eigenvalue weighted by atomic mass is 10.0. The first kappa shape index (κ1) is 17.9. The minimum Gasteiger partial charge on any atom is -0.379 e. The predicted molar refractivity (Wildman–Crippen MR) is 90.4 cm³/mol. The van der Waals surface area contributed by atoms with Gasteiger partial charge in [-0.2, -0.15) is 5.10 Å². The van der Waals surface area contributed by atoms with Crippen LogP contribution in [0.4, 0.5) is 0 Å². The van der Waals surface area contributed by atoms with E-state index in [2.05, 4.69) is 29.2 Å². The highest BCUT2D eigenvalue weighted by molar-refractivity contribution is 5.79. The van der Waals surface area contributed by atoms with Crippen LogP contribution in [-0.2, 0) is 23.0 Å². The molecule has 1 aromatic rings. The van der Waals surface area contributed by atoms with Crippen molar-refractivity contribution in [3.8, 4) is 0 Å². The van der Waals surface area contributed by atoms with Crippen molar-refractivity contribution in [2.75, 3.05) is 32.8 Å². The Kier molecular flexibility index (Phi) is 6.18. The molecule has 130 valence electrons. The molecule has 0 saturated carbocycles. The molecule has 0 radical (unpaired) electrons. The van der Waals surface area contributed by atoms with Gasteiger partial charge in [-0.05, 0) is 19.8 Å². The zero-order valence-corrected chi connectivity index (χ0v) is 15.1. The third-order valence-electron chi connectivity index (χ3n) is 4.79. The van der Waals surface area contributed by atoms with Gasteiger partial charge < -0.3 is 10.1 Å². The molecule has 1 aromatic heterocycles. The maximum Gasteiger partial charge on any atom is 0.224 e. The van der Waals surface area contributed by atoms with Gasteiger partial charge in [0, 0.05) is 44.0 Å². The Morgan fingerprint density at radius 2 is 1.96 bits per heavy atom. The number of amides is 1. The van der Waals surface area contributed by atoms with Crippen molar-refractivity contribution in [3.05, 3.63) is 17.0 Å². The van der Waals surface area contributed by atoms with E-state index in [9.17, 15) is 4.79 Å². The summed E-state index contributed by atoms with van der Waals surface area (Å²) in [5.74, 6) is 0.568. The van der Waals surface area contributed by atoms with E-state index in [1.54, 1.807) is 0 Å². The lowest BCUT2D eigenvalue weighted by Crippen LogP contribution is -2.51. The fourth-order valence-corrected chi connectivity index (χ4v) is 3.21. The van der Waals surface area contributed by atoms with Crippen LogP contribution in [0.15, 0.2) is 0 Å². The van der Waals surface area contributed by atoms with E-state index >= 15 is 0 Å². The van der Waals surface area contributed by atoms with Crippen molar-refractivity contribution in [1.29, 1.82) is 0 Å². The molecule has 1 saturated heterocycles. The Morgan fingerprint density at radius 3 is 2.48 bits per heavy atom. The van der Waals surface area contributed by atoms with Crippen LogP contribution < -0.4 is 5.32 Å². The van der Waals surface area contributed by atoms with Gasteiger partial charge in [0.25, 0.3) is 0 Å². The highest BCUT2D eigenvalue weighted by Crippen LogP contribution is 2.14. The molecule has 0 bridgehead atoms. The zero-order chi connectivity index (χ0) is 17.0. The zero-order valence-electron chi connectivity index (χ0n) is 15.1. The van der Waals surface area contributed by atoms with Crippen LogP contribution in [0.3, 0.4) is 0 Å². The van der Waals surface area contributed by atoms with Gasteiger partial charge in [0.2, 0.25) is 5.91 Å². The average Bonchev–Trinajstić information content (AvgIpc) is 2.74. The molecular formula is C17H30N4O2. The van der Waals surface area contributed by atoms with Crippen LogP contribution in [-0.4, -0.2) is 59.5 Å². The molecule has 6 heteroatoms. The molecule has 2 heterocycles. The van der Waals surface area contributed by atoms with E-state index in [1.165, 1.54) is 0 Å². The van der Waals surface area contributed by atoms with Crippen molar-refractivity contribution in [2.24, 2.45) is 13.0 Å². The Bertz CT molecular complexity index is 533. The number of carbonyl (C=O) groups excluding carboxylic acids is 1. The van der Waals surface area contributed by atoms with E-state index in [1.807, 2.05) is 25.6 Å². The largest absolute Gasteiger partial charge is 0.379 e. The second-order valence-corrected chi connectivity index (χ2v) is 6.71. The molecule has 0 spiro atoms. The van der Waals surface area contributed by atoms with E-state index in [0.717, 1.165) is 43.3 Å². The molecule has 23 heavy (non-hydrogen) atoms. The molecule has 0 aliphatic carbocycles. The molecule has 0 aromatic carbocycles. The Balaban J connectivity index is 1.91. The number of hydrogen-bond donors (Lipinski definition) is 1. The Labute approximate surface area is 139 Å². The van der Waals surface area contributed by atoms with E-state index in [-0.39, 0.29) is 5.91 Å². The minimum atomic E-state index is 0.0723. The summed E-state index contributed by atoms with van der Waals surface area (Å²) in [5, 5.41) is 7.49. The number of aromatic nitrogens is 2. The van der Waals surface area contributed by atoms with Crippen LogP contribution in [0, 0.1) is 19.8 Å². The van der Waals surface area contributed by atoms with Crippen molar-refractivity contribution in [3.63, 3.8) is 0 Å². The fraction of sp³-hybridized carbons (Fsp3) is 0.765. The van der Waals surface area contributed by atoms with Gasteiger partial charge in [-0.1, -0.05) is 13.8 Å². The highest BCUT2D eigenvalue weighted by Gasteiger charge is 2.24. The fourth-order valence-electron chi connectivity index (χ4n) is 3.21. The molecule has 6 nitrogen and oxygen atoms in total. The summed E-state index contributed by atoms with van der Waals surface area (Å²) in [6.45, 7) is 12.5. The maximum atomic E-state index is 12.3. The van der Waals surface area contributed by atoms with Crippen LogP contribution in [0.25, 0.3) is 0 Å². The van der Waals surface area contributed by atoms with Gasteiger partial charge >= 0.3 is 0 Å². The van der Waals surface area contributed by atoms with Crippen molar-refractivity contribution < 1.29 is 9.53 Å². The van der Waals surface area contributed by atoms with Gasteiger partial charge in [-0.15, -0.1) is 0 Å².